The summed E-state index contributed by atoms with van der Waals surface area (Å²) in [6, 6.07) is 71.2. The molecule has 1 aromatic heterocycles. The number of hydrogen-bond acceptors (Lipinski definition) is 2. The molecule has 0 bridgehead atoms. The Hall–Kier alpha value is -6.64. The van der Waals surface area contributed by atoms with Crippen molar-refractivity contribution in [1.29, 1.82) is 0 Å². The van der Waals surface area contributed by atoms with Crippen LogP contribution in [0, 0.1) is 0 Å². The number of rotatable bonds is 7. The van der Waals surface area contributed by atoms with Crippen molar-refractivity contribution in [2.75, 3.05) is 4.90 Å². The average Bonchev–Trinajstić information content (AvgIpc) is 3.57. The second-order valence-electron chi connectivity index (χ2n) is 12.6. The summed E-state index contributed by atoms with van der Waals surface area (Å²) in [7, 11) is 0. The Kier molecular flexibility index (Phi) is 7.53. The quantitative estimate of drug-likeness (QED) is 0.173. The molecule has 0 fully saturated rings. The monoisotopic (exact) mass is 639 g/mol. The summed E-state index contributed by atoms with van der Waals surface area (Å²) in [6.45, 7) is 0. The Labute approximate surface area is 292 Å². The number of furan rings is 1. The first-order valence-corrected chi connectivity index (χ1v) is 17.0. The van der Waals surface area contributed by atoms with E-state index in [1.54, 1.807) is 0 Å². The van der Waals surface area contributed by atoms with Crippen molar-refractivity contribution < 1.29 is 4.42 Å². The second-order valence-corrected chi connectivity index (χ2v) is 12.6. The van der Waals surface area contributed by atoms with E-state index in [1.165, 1.54) is 33.4 Å². The van der Waals surface area contributed by atoms with Gasteiger partial charge >= 0.3 is 0 Å². The first-order chi connectivity index (χ1) is 24.8. The SMILES string of the molecule is c1ccc(-c2ccc(N(c3cccc(-c4ccc5c(c4)oc4ccccc45)c3)c3ccc(-c4ccccc4)c(-c4ccccc4)c3)cc2)cc1. The van der Waals surface area contributed by atoms with E-state index in [-0.39, 0.29) is 0 Å². The highest BCUT2D eigenvalue weighted by Gasteiger charge is 2.18. The van der Waals surface area contributed by atoms with Crippen LogP contribution in [-0.4, -0.2) is 0 Å². The molecule has 2 nitrogen and oxygen atoms in total. The predicted molar refractivity (Wildman–Crippen MR) is 210 cm³/mol. The molecule has 8 aromatic carbocycles. The van der Waals surface area contributed by atoms with Crippen LogP contribution in [-0.2, 0) is 0 Å². The van der Waals surface area contributed by atoms with Crippen molar-refractivity contribution in [3.8, 4) is 44.5 Å². The molecule has 1 heterocycles. The average molecular weight is 640 g/mol. The maximum Gasteiger partial charge on any atom is 0.136 e. The molecule has 0 aliphatic carbocycles. The summed E-state index contributed by atoms with van der Waals surface area (Å²) in [5.74, 6) is 0. The van der Waals surface area contributed by atoms with Crippen LogP contribution in [0.1, 0.15) is 0 Å². The lowest BCUT2D eigenvalue weighted by Gasteiger charge is -2.27. The molecule has 50 heavy (non-hydrogen) atoms. The van der Waals surface area contributed by atoms with Gasteiger partial charge in [-0.1, -0.05) is 146 Å². The van der Waals surface area contributed by atoms with Gasteiger partial charge in [-0.3, -0.25) is 0 Å². The van der Waals surface area contributed by atoms with Crippen LogP contribution in [0.4, 0.5) is 17.1 Å². The summed E-state index contributed by atoms with van der Waals surface area (Å²) in [4.78, 5) is 2.36. The minimum absolute atomic E-state index is 0.895. The molecule has 0 radical (unpaired) electrons. The van der Waals surface area contributed by atoms with E-state index >= 15 is 0 Å². The molecule has 0 aliphatic heterocycles. The summed E-state index contributed by atoms with van der Waals surface area (Å²) >= 11 is 0. The highest BCUT2D eigenvalue weighted by Crippen LogP contribution is 2.42. The molecule has 0 spiro atoms. The molecule has 0 atom stereocenters. The highest BCUT2D eigenvalue weighted by atomic mass is 16.3. The Morgan fingerprint density at radius 1 is 0.280 bits per heavy atom. The molecule has 236 valence electrons. The molecular formula is C48H33NO. The van der Waals surface area contributed by atoms with E-state index in [2.05, 4.69) is 193 Å². The highest BCUT2D eigenvalue weighted by molar-refractivity contribution is 6.06. The molecule has 0 unspecified atom stereocenters. The third kappa shape index (κ3) is 5.53. The van der Waals surface area contributed by atoms with Gasteiger partial charge in [-0.15, -0.1) is 0 Å². The van der Waals surface area contributed by atoms with E-state index in [0.717, 1.165) is 50.1 Å². The van der Waals surface area contributed by atoms with Crippen LogP contribution >= 0.6 is 0 Å². The molecule has 9 rings (SSSR count). The number of fused-ring (bicyclic) bond motifs is 3. The van der Waals surface area contributed by atoms with Crippen molar-refractivity contribution >= 4 is 39.0 Å². The number of para-hydroxylation sites is 1. The fourth-order valence-corrected chi connectivity index (χ4v) is 7.01. The van der Waals surface area contributed by atoms with Crippen LogP contribution in [0.25, 0.3) is 66.4 Å². The van der Waals surface area contributed by atoms with Gasteiger partial charge in [0.15, 0.2) is 0 Å². The van der Waals surface area contributed by atoms with Gasteiger partial charge in [0.25, 0.3) is 0 Å². The van der Waals surface area contributed by atoms with E-state index in [9.17, 15) is 0 Å². The fraction of sp³-hybridized carbons (Fsp3) is 0. The molecule has 0 saturated carbocycles. The third-order valence-electron chi connectivity index (χ3n) is 9.48. The second kappa shape index (κ2) is 12.8. The lowest BCUT2D eigenvalue weighted by atomic mass is 9.93. The molecule has 9 aromatic rings. The largest absolute Gasteiger partial charge is 0.456 e. The van der Waals surface area contributed by atoms with Crippen LogP contribution in [0.3, 0.4) is 0 Å². The summed E-state index contributed by atoms with van der Waals surface area (Å²) in [6.07, 6.45) is 0. The number of anilines is 3. The van der Waals surface area contributed by atoms with Crippen LogP contribution in [0.5, 0.6) is 0 Å². The van der Waals surface area contributed by atoms with Crippen LogP contribution in [0.2, 0.25) is 0 Å². The third-order valence-corrected chi connectivity index (χ3v) is 9.48. The first-order valence-electron chi connectivity index (χ1n) is 17.0. The Morgan fingerprint density at radius 3 is 1.54 bits per heavy atom. The number of benzene rings is 8. The normalized spacial score (nSPS) is 11.2. The maximum atomic E-state index is 6.27. The maximum absolute atomic E-state index is 6.27. The summed E-state index contributed by atoms with van der Waals surface area (Å²) in [5, 5.41) is 2.27. The van der Waals surface area contributed by atoms with Crippen LogP contribution in [0.15, 0.2) is 205 Å². The summed E-state index contributed by atoms with van der Waals surface area (Å²) < 4.78 is 6.27. The smallest absolute Gasteiger partial charge is 0.136 e. The molecule has 0 saturated heterocycles. The Morgan fingerprint density at radius 2 is 0.800 bits per heavy atom. The minimum Gasteiger partial charge on any atom is -0.456 e. The standard InChI is InChI=1S/C48H33NO/c1-4-13-34(14-5-1)35-23-26-40(27-24-35)49(42-28-30-43(36-15-6-2-7-16-36)46(33-42)37-17-8-3-9-18-37)41-20-12-19-38(31-41)39-25-29-45-44-21-10-11-22-47(44)50-48(45)32-39/h1-33H. The van der Waals surface area contributed by atoms with E-state index in [1.807, 2.05) is 12.1 Å². The van der Waals surface area contributed by atoms with E-state index < -0.39 is 0 Å². The molecule has 2 heteroatoms. The Bertz CT molecular complexity index is 2570. The lowest BCUT2D eigenvalue weighted by molar-refractivity contribution is 0.669. The van der Waals surface area contributed by atoms with Gasteiger partial charge in [0.1, 0.15) is 11.2 Å². The van der Waals surface area contributed by atoms with Gasteiger partial charge in [0, 0.05) is 27.8 Å². The van der Waals surface area contributed by atoms with Crippen molar-refractivity contribution in [1.82, 2.24) is 0 Å². The number of nitrogens with zero attached hydrogens (tertiary/aromatic N) is 1. The van der Waals surface area contributed by atoms with Gasteiger partial charge < -0.3 is 9.32 Å². The topological polar surface area (TPSA) is 16.4 Å². The zero-order chi connectivity index (χ0) is 33.3. The van der Waals surface area contributed by atoms with E-state index in [0.29, 0.717) is 0 Å². The van der Waals surface area contributed by atoms with Crippen molar-refractivity contribution in [3.63, 3.8) is 0 Å². The van der Waals surface area contributed by atoms with Crippen LogP contribution < -0.4 is 4.90 Å². The van der Waals surface area contributed by atoms with Crippen molar-refractivity contribution in [3.05, 3.63) is 200 Å². The molecule has 0 aliphatic rings. The molecule has 0 N–H and O–H groups in total. The minimum atomic E-state index is 0.895. The van der Waals surface area contributed by atoms with Crippen molar-refractivity contribution in [2.45, 2.75) is 0 Å². The van der Waals surface area contributed by atoms with Crippen molar-refractivity contribution in [2.24, 2.45) is 0 Å². The predicted octanol–water partition coefficient (Wildman–Crippen LogP) is 13.7. The van der Waals surface area contributed by atoms with Gasteiger partial charge in [0.2, 0.25) is 0 Å². The molecule has 0 amide bonds. The fourth-order valence-electron chi connectivity index (χ4n) is 7.01. The van der Waals surface area contributed by atoms with E-state index in [4.69, 9.17) is 4.42 Å². The number of hydrogen-bond donors (Lipinski definition) is 0. The van der Waals surface area contributed by atoms with Gasteiger partial charge in [-0.25, -0.2) is 0 Å². The first kappa shape index (κ1) is 29.5. The Balaban J connectivity index is 1.20. The lowest BCUT2D eigenvalue weighted by Crippen LogP contribution is -2.10. The van der Waals surface area contributed by atoms with Gasteiger partial charge in [-0.2, -0.15) is 0 Å². The zero-order valence-corrected chi connectivity index (χ0v) is 27.4. The molecular weight excluding hydrogens is 607 g/mol. The summed E-state index contributed by atoms with van der Waals surface area (Å²) in [5.41, 5.74) is 14.4. The zero-order valence-electron chi connectivity index (χ0n) is 27.4. The van der Waals surface area contributed by atoms with Gasteiger partial charge in [0.05, 0.1) is 0 Å². The van der Waals surface area contributed by atoms with Gasteiger partial charge in [-0.05, 0) is 99.1 Å².